The summed E-state index contributed by atoms with van der Waals surface area (Å²) in [4.78, 5) is 21.3. The van der Waals surface area contributed by atoms with Crippen LogP contribution in [-0.2, 0) is 20.2 Å². The molecular formula is C26H40N4O4S. The highest BCUT2D eigenvalue weighted by Gasteiger charge is 2.55. The van der Waals surface area contributed by atoms with E-state index in [1.54, 1.807) is 4.90 Å². The van der Waals surface area contributed by atoms with Crippen molar-refractivity contribution in [2.24, 2.45) is 5.92 Å². The van der Waals surface area contributed by atoms with Crippen molar-refractivity contribution in [1.82, 2.24) is 19.6 Å². The summed E-state index contributed by atoms with van der Waals surface area (Å²) in [5.41, 5.74) is 1.19. The molecular weight excluding hydrogens is 464 g/mol. The Morgan fingerprint density at radius 3 is 2.26 bits per heavy atom. The molecule has 2 aliphatic carbocycles. The van der Waals surface area contributed by atoms with Gasteiger partial charge in [0, 0.05) is 37.3 Å². The first-order chi connectivity index (χ1) is 16.6. The average molecular weight is 505 g/mol. The third-order valence-corrected chi connectivity index (χ3v) is 10.7. The van der Waals surface area contributed by atoms with Crippen LogP contribution in [0.2, 0.25) is 0 Å². The number of benzene rings is 1. The van der Waals surface area contributed by atoms with Crippen molar-refractivity contribution in [3.63, 3.8) is 0 Å². The van der Waals surface area contributed by atoms with Crippen LogP contribution in [0.5, 0.6) is 0 Å². The SMILES string of the molecule is CN(C)[C@]1(c2ccccc2)CC[C@@]2(CC1)CN(CC(=O)N1CCS(=O)(=O)CC1)C(O)N2CC1CC1. The zero-order valence-corrected chi connectivity index (χ0v) is 21.9. The zero-order valence-electron chi connectivity index (χ0n) is 21.1. The molecule has 194 valence electrons. The van der Waals surface area contributed by atoms with E-state index in [1.807, 2.05) is 4.90 Å². The lowest BCUT2D eigenvalue weighted by Gasteiger charge is -2.51. The molecule has 1 spiro atoms. The number of carbonyl (C=O) groups excluding carboxylic acids is 1. The maximum Gasteiger partial charge on any atom is 0.236 e. The molecule has 2 saturated carbocycles. The number of hydrogen-bond acceptors (Lipinski definition) is 7. The van der Waals surface area contributed by atoms with Crippen LogP contribution >= 0.6 is 0 Å². The molecule has 2 aliphatic heterocycles. The van der Waals surface area contributed by atoms with Gasteiger partial charge in [-0.05, 0) is 64.1 Å². The minimum atomic E-state index is -3.03. The summed E-state index contributed by atoms with van der Waals surface area (Å²) in [5, 5.41) is 11.4. The first kappa shape index (κ1) is 25.1. The molecule has 1 atom stereocenters. The van der Waals surface area contributed by atoms with Gasteiger partial charge in [0.1, 0.15) is 0 Å². The summed E-state index contributed by atoms with van der Waals surface area (Å²) in [7, 11) is 1.30. The van der Waals surface area contributed by atoms with Crippen LogP contribution < -0.4 is 0 Å². The van der Waals surface area contributed by atoms with Crippen LogP contribution in [0.4, 0.5) is 0 Å². The summed E-state index contributed by atoms with van der Waals surface area (Å²) >= 11 is 0. The Morgan fingerprint density at radius 2 is 1.69 bits per heavy atom. The Labute approximate surface area is 209 Å². The van der Waals surface area contributed by atoms with Crippen LogP contribution in [-0.4, -0.2) is 109 Å². The molecule has 4 aliphatic rings. The Bertz CT molecular complexity index is 1010. The molecule has 1 unspecified atom stereocenters. The maximum atomic E-state index is 13.1. The molecule has 35 heavy (non-hydrogen) atoms. The van der Waals surface area contributed by atoms with Crippen molar-refractivity contribution < 1.29 is 18.3 Å². The lowest BCUT2D eigenvalue weighted by Crippen LogP contribution is -2.56. The largest absolute Gasteiger partial charge is 0.365 e. The molecule has 0 radical (unpaired) electrons. The molecule has 4 fully saturated rings. The second-order valence-corrected chi connectivity index (χ2v) is 13.7. The van der Waals surface area contributed by atoms with Gasteiger partial charge in [-0.25, -0.2) is 8.42 Å². The molecule has 9 heteroatoms. The van der Waals surface area contributed by atoms with Crippen LogP contribution in [0.3, 0.4) is 0 Å². The summed E-state index contributed by atoms with van der Waals surface area (Å²) in [6.45, 7) is 2.21. The molecule has 1 aromatic carbocycles. The lowest BCUT2D eigenvalue weighted by molar-refractivity contribution is -0.138. The summed E-state index contributed by atoms with van der Waals surface area (Å²) in [5.74, 6) is 0.625. The molecule has 1 N–H and O–H groups in total. The van der Waals surface area contributed by atoms with Crippen LogP contribution in [0.15, 0.2) is 30.3 Å². The zero-order chi connectivity index (χ0) is 24.8. The van der Waals surface area contributed by atoms with Crippen LogP contribution in [0, 0.1) is 5.92 Å². The third-order valence-electron chi connectivity index (χ3n) is 9.07. The fraction of sp³-hybridized carbons (Fsp3) is 0.731. The highest BCUT2D eigenvalue weighted by atomic mass is 32.2. The maximum absolute atomic E-state index is 13.1. The van der Waals surface area contributed by atoms with Crippen LogP contribution in [0.1, 0.15) is 44.1 Å². The molecule has 1 amide bonds. The van der Waals surface area contributed by atoms with Gasteiger partial charge < -0.3 is 10.0 Å². The first-order valence-corrected chi connectivity index (χ1v) is 14.9. The van der Waals surface area contributed by atoms with Gasteiger partial charge in [0.2, 0.25) is 5.91 Å². The predicted molar refractivity (Wildman–Crippen MR) is 135 cm³/mol. The molecule has 5 rings (SSSR count). The van der Waals surface area contributed by atoms with E-state index in [0.717, 1.165) is 32.2 Å². The van der Waals surface area contributed by atoms with Gasteiger partial charge in [-0.15, -0.1) is 0 Å². The van der Waals surface area contributed by atoms with Gasteiger partial charge in [-0.1, -0.05) is 30.3 Å². The van der Waals surface area contributed by atoms with Crippen LogP contribution in [0.25, 0.3) is 0 Å². The quantitative estimate of drug-likeness (QED) is 0.626. The molecule has 2 heterocycles. The predicted octanol–water partition coefficient (Wildman–Crippen LogP) is 1.32. The molecule has 2 saturated heterocycles. The summed E-state index contributed by atoms with van der Waals surface area (Å²) in [6.07, 6.45) is 5.61. The van der Waals surface area contributed by atoms with Crippen molar-refractivity contribution in [3.05, 3.63) is 35.9 Å². The second kappa shape index (κ2) is 9.41. The number of sulfone groups is 1. The number of nitrogens with zero attached hydrogens (tertiary/aromatic N) is 4. The lowest BCUT2D eigenvalue weighted by atomic mass is 9.68. The minimum absolute atomic E-state index is 0.0226. The molecule has 8 nitrogen and oxygen atoms in total. The Hall–Kier alpha value is -1.52. The third kappa shape index (κ3) is 4.90. The van der Waals surface area contributed by atoms with E-state index < -0.39 is 16.2 Å². The Kier molecular flexibility index (Phi) is 6.76. The van der Waals surface area contributed by atoms with E-state index in [2.05, 4.69) is 54.2 Å². The number of rotatable bonds is 6. The number of aliphatic hydroxyl groups is 1. The highest BCUT2D eigenvalue weighted by Crippen LogP contribution is 2.50. The Morgan fingerprint density at radius 1 is 1.06 bits per heavy atom. The summed E-state index contributed by atoms with van der Waals surface area (Å²) < 4.78 is 23.5. The van der Waals surface area contributed by atoms with Gasteiger partial charge in [0.05, 0.1) is 18.1 Å². The van der Waals surface area contributed by atoms with Gasteiger partial charge in [0.25, 0.3) is 0 Å². The van der Waals surface area contributed by atoms with Crippen molar-refractivity contribution in [3.8, 4) is 0 Å². The number of hydrogen-bond donors (Lipinski definition) is 1. The van der Waals surface area contributed by atoms with Crippen molar-refractivity contribution in [2.75, 3.05) is 58.3 Å². The van der Waals surface area contributed by atoms with Gasteiger partial charge >= 0.3 is 0 Å². The second-order valence-electron chi connectivity index (χ2n) is 11.4. The van der Waals surface area contributed by atoms with Crippen molar-refractivity contribution in [2.45, 2.75) is 56.0 Å². The average Bonchev–Trinajstić information content (AvgIpc) is 3.63. The van der Waals surface area contributed by atoms with E-state index in [-0.39, 0.29) is 48.1 Å². The summed E-state index contributed by atoms with van der Waals surface area (Å²) in [6, 6.07) is 10.8. The smallest absolute Gasteiger partial charge is 0.236 e. The van der Waals surface area contributed by atoms with E-state index in [1.165, 1.54) is 18.4 Å². The fourth-order valence-electron chi connectivity index (χ4n) is 6.55. The van der Waals surface area contributed by atoms with E-state index >= 15 is 0 Å². The standard InChI is InChI=1S/C26H40N4O4S/c1-27(2)26(22-6-4-3-5-7-22)12-10-25(11-13-26)20-29(24(32)30(25)18-21-8-9-21)19-23(31)28-14-16-35(33,34)17-15-28/h3-7,21,24,32H,8-20H2,1-2H3/t24?,25-,26-. The number of amides is 1. The first-order valence-electron chi connectivity index (χ1n) is 13.0. The van der Waals surface area contributed by atoms with Gasteiger partial charge in [-0.3, -0.25) is 19.5 Å². The van der Waals surface area contributed by atoms with E-state index in [9.17, 15) is 18.3 Å². The van der Waals surface area contributed by atoms with Gasteiger partial charge in [-0.2, -0.15) is 0 Å². The fourth-order valence-corrected chi connectivity index (χ4v) is 7.75. The molecule has 0 bridgehead atoms. The normalized spacial score (nSPS) is 34.1. The minimum Gasteiger partial charge on any atom is -0.365 e. The monoisotopic (exact) mass is 504 g/mol. The van der Waals surface area contributed by atoms with Crippen molar-refractivity contribution in [1.29, 1.82) is 0 Å². The van der Waals surface area contributed by atoms with E-state index in [0.29, 0.717) is 12.5 Å². The number of carbonyl (C=O) groups is 1. The highest BCUT2D eigenvalue weighted by molar-refractivity contribution is 7.91. The molecule has 1 aromatic rings. The number of aliphatic hydroxyl groups excluding tert-OH is 1. The van der Waals surface area contributed by atoms with E-state index in [4.69, 9.17) is 0 Å². The Balaban J connectivity index is 1.32. The van der Waals surface area contributed by atoms with Crippen molar-refractivity contribution >= 4 is 15.7 Å². The molecule has 0 aromatic heterocycles. The van der Waals surface area contributed by atoms with Gasteiger partial charge in [0.15, 0.2) is 16.2 Å². The topological polar surface area (TPSA) is 84.4 Å².